The van der Waals surface area contributed by atoms with Crippen molar-refractivity contribution in [2.75, 3.05) is 18.8 Å². The van der Waals surface area contributed by atoms with E-state index in [1.165, 1.54) is 10.8 Å². The van der Waals surface area contributed by atoms with Crippen LogP contribution in [-0.4, -0.2) is 41.7 Å². The molecule has 0 rings (SSSR count). The van der Waals surface area contributed by atoms with E-state index in [0.29, 0.717) is 0 Å². The normalized spacial score (nSPS) is 3.14. The van der Waals surface area contributed by atoms with E-state index in [1.807, 2.05) is 18.8 Å². The molecular weight excluding hydrogens is 348 g/mol. The minimum atomic E-state index is 0. The Balaban J connectivity index is -0.00000000545. The van der Waals surface area contributed by atoms with Gasteiger partial charge in [0.25, 0.3) is 0 Å². The molecule has 0 aromatic rings. The number of carbonyl (C=O) groups excluding carboxylic acids is 2. The first-order chi connectivity index (χ1) is 4.24. The zero-order valence-electron chi connectivity index (χ0n) is 7.81. The maximum Gasteiger partial charge on any atom is 0.373 e. The van der Waals surface area contributed by atoms with Gasteiger partial charge in [0.05, 0.1) is 0 Å². The Kier molecular flexibility index (Phi) is 482. The molecule has 0 saturated heterocycles. The molecule has 88 valence electrons. The van der Waals surface area contributed by atoms with E-state index in [9.17, 15) is 0 Å². The summed E-state index contributed by atoms with van der Waals surface area (Å²) in [4.78, 5) is 16.2. The molecule has 0 fully saturated rings. The van der Waals surface area contributed by atoms with Crippen LogP contribution >= 0.6 is 22.6 Å². The summed E-state index contributed by atoms with van der Waals surface area (Å²) in [5.41, 5.74) is 0. The molecule has 0 N–H and O–H groups in total. The third-order valence-corrected chi connectivity index (χ3v) is 0. The van der Waals surface area contributed by atoms with Gasteiger partial charge in [0.1, 0.15) is 0 Å². The van der Waals surface area contributed by atoms with Crippen LogP contribution < -0.4 is 0 Å². The van der Waals surface area contributed by atoms with E-state index in [2.05, 4.69) is 11.7 Å². The maximum absolute atomic E-state index is 8.12. The van der Waals surface area contributed by atoms with Crippen LogP contribution in [0.4, 0.5) is 0 Å². The molecule has 0 bridgehead atoms. The quantitative estimate of drug-likeness (QED) is 0.266. The second-order valence-corrected chi connectivity index (χ2v) is 2.81. The van der Waals surface area contributed by atoms with Crippen molar-refractivity contribution >= 4 is 70.7 Å². The van der Waals surface area contributed by atoms with Crippen LogP contribution in [0.1, 0.15) is 0 Å². The van der Waals surface area contributed by atoms with Gasteiger partial charge in [0, 0.05) is 50.4 Å². The van der Waals surface area contributed by atoms with Gasteiger partial charge in [-0.3, -0.25) is 0 Å². The fourth-order valence-corrected chi connectivity index (χ4v) is 0. The SMILES string of the molecule is CSC.CS[S-].O=C=O.[B].[B].[Co].[Co].[SH-]. The van der Waals surface area contributed by atoms with Crippen LogP contribution in [0.25, 0.3) is 0 Å². The Hall–Kier alpha value is 1.92. The topological polar surface area (TPSA) is 34.1 Å². The molecule has 0 atom stereocenters. The molecule has 0 aliphatic carbocycles. The van der Waals surface area contributed by atoms with E-state index in [-0.39, 0.29) is 70.0 Å². The number of rotatable bonds is 0. The zero-order chi connectivity index (χ0) is 8.12. The van der Waals surface area contributed by atoms with Crippen molar-refractivity contribution in [3.8, 4) is 0 Å². The Morgan fingerprint density at radius 1 is 1.00 bits per heavy atom. The molecule has 0 amide bonds. The number of hydrogen-bond donors (Lipinski definition) is 0. The van der Waals surface area contributed by atoms with Gasteiger partial charge in [-0.15, -0.1) is 0 Å². The summed E-state index contributed by atoms with van der Waals surface area (Å²) in [6.07, 6.45) is 6.19. The third-order valence-electron chi connectivity index (χ3n) is 0. The number of hydrogen-bond acceptors (Lipinski definition) is 6. The van der Waals surface area contributed by atoms with Crippen molar-refractivity contribution in [1.82, 2.24) is 0 Å². The second-order valence-electron chi connectivity index (χ2n) is 0.658. The van der Waals surface area contributed by atoms with Crippen molar-refractivity contribution in [3.05, 3.63) is 0 Å². The average molecular weight is 358 g/mol. The Bertz CT molecular complexity index is 67.3. The van der Waals surface area contributed by atoms with E-state index >= 15 is 0 Å². The first-order valence-electron chi connectivity index (χ1n) is 1.80. The fourth-order valence-electron chi connectivity index (χ4n) is 0. The van der Waals surface area contributed by atoms with Gasteiger partial charge >= 0.3 is 6.15 Å². The van der Waals surface area contributed by atoms with Gasteiger partial charge in [0.15, 0.2) is 0 Å². The monoisotopic (exact) mass is 358 g/mol. The summed E-state index contributed by atoms with van der Waals surface area (Å²) in [7, 11) is 1.33. The van der Waals surface area contributed by atoms with Crippen LogP contribution in [0.5, 0.6) is 0 Å². The summed E-state index contributed by atoms with van der Waals surface area (Å²) in [5.74, 6) is 0. The molecule has 10 heteroatoms. The van der Waals surface area contributed by atoms with Crippen molar-refractivity contribution in [1.29, 1.82) is 0 Å². The average Bonchev–Trinajstić information content (AvgIpc) is 1.70. The van der Waals surface area contributed by atoms with Crippen molar-refractivity contribution < 1.29 is 43.1 Å². The van der Waals surface area contributed by atoms with Crippen LogP contribution in [-0.2, 0) is 68.3 Å². The van der Waals surface area contributed by atoms with Crippen molar-refractivity contribution in [3.63, 3.8) is 0 Å². The van der Waals surface area contributed by atoms with Crippen LogP contribution in [0.3, 0.4) is 0 Å². The Morgan fingerprint density at radius 3 is 1.00 bits per heavy atom. The molecule has 14 heavy (non-hydrogen) atoms. The largest absolute Gasteiger partial charge is 0.813 e. The summed E-state index contributed by atoms with van der Waals surface area (Å²) < 4.78 is 0. The summed E-state index contributed by atoms with van der Waals surface area (Å²) in [6.45, 7) is 0. The molecule has 0 saturated carbocycles. The number of thioether (sulfide) groups is 1. The van der Waals surface area contributed by atoms with Gasteiger partial charge < -0.3 is 36.0 Å². The molecule has 0 aromatic carbocycles. The van der Waals surface area contributed by atoms with Gasteiger partial charge in [-0.1, -0.05) is 0 Å². The molecule has 0 unspecified atom stereocenters. The van der Waals surface area contributed by atoms with Crippen LogP contribution in [0.2, 0.25) is 0 Å². The summed E-state index contributed by atoms with van der Waals surface area (Å²) in [5, 5.41) is 0. The molecule has 8 radical (unpaired) electrons. The molecule has 2 nitrogen and oxygen atoms in total. The molecule has 0 aromatic heterocycles. The molecule has 0 heterocycles. The minimum Gasteiger partial charge on any atom is -0.813 e. The van der Waals surface area contributed by atoms with Gasteiger partial charge in [-0.05, 0) is 18.8 Å². The summed E-state index contributed by atoms with van der Waals surface area (Å²) >= 11 is 6.06. The standard InChI is InChI=1S/C2H6S.CO2.CH4S2.2B.2Co.H2S/c1-3-2;2-1-3;1-3-2;;;;;/h1-2H3;;2H,1H3;;;;;1H2/p-2. The van der Waals surface area contributed by atoms with E-state index in [0.717, 1.165) is 0 Å². The van der Waals surface area contributed by atoms with E-state index < -0.39 is 0 Å². The third kappa shape index (κ3) is 629. The van der Waals surface area contributed by atoms with Gasteiger partial charge in [-0.2, -0.15) is 21.4 Å². The molecule has 0 aliphatic rings. The maximum atomic E-state index is 8.12. The van der Waals surface area contributed by atoms with Crippen LogP contribution in [0, 0.1) is 0 Å². The smallest absolute Gasteiger partial charge is 0.373 e. The number of thiol groups is 1. The Labute approximate surface area is 131 Å². The van der Waals surface area contributed by atoms with Gasteiger partial charge in [-0.25, -0.2) is 0 Å². The Morgan fingerprint density at radius 2 is 1.00 bits per heavy atom. The second kappa shape index (κ2) is 119. The summed E-state index contributed by atoms with van der Waals surface area (Å²) in [6, 6.07) is 0. The fraction of sp³-hybridized carbons (Fsp3) is 0.750. The van der Waals surface area contributed by atoms with Crippen LogP contribution in [0.15, 0.2) is 0 Å². The van der Waals surface area contributed by atoms with Crippen molar-refractivity contribution in [2.45, 2.75) is 0 Å². The predicted molar refractivity (Wildman–Crippen MR) is 65.6 cm³/mol. The zero-order valence-corrected chi connectivity index (χ0v) is 13.2. The van der Waals surface area contributed by atoms with E-state index in [4.69, 9.17) is 9.59 Å². The van der Waals surface area contributed by atoms with Gasteiger partial charge in [0.2, 0.25) is 0 Å². The molecule has 0 spiro atoms. The predicted octanol–water partition coefficient (Wildman–Crippen LogP) is 0.170. The van der Waals surface area contributed by atoms with E-state index in [1.54, 1.807) is 11.8 Å². The minimum absolute atomic E-state index is 0. The molecule has 0 aliphatic heterocycles. The van der Waals surface area contributed by atoms with Crippen molar-refractivity contribution in [2.24, 2.45) is 0 Å². The first-order valence-corrected chi connectivity index (χ1v) is 5.58. The first kappa shape index (κ1) is 56.5. The molecular formula is C4H10B2Co2O2S4-2.